The number of nitrogen functional groups attached to an aromatic ring is 1. The van der Waals surface area contributed by atoms with Crippen molar-refractivity contribution in [1.82, 2.24) is 9.97 Å². The summed E-state index contributed by atoms with van der Waals surface area (Å²) in [6.07, 6.45) is -1.17. The minimum Gasteiger partial charge on any atom is -0.493 e. The van der Waals surface area contributed by atoms with Crippen molar-refractivity contribution in [3.8, 4) is 34.5 Å². The van der Waals surface area contributed by atoms with Crippen molar-refractivity contribution in [3.63, 3.8) is 0 Å². The fourth-order valence-corrected chi connectivity index (χ4v) is 2.32. The molecule has 0 aliphatic carbocycles. The Morgan fingerprint density at radius 3 is 2.33 bits per heavy atom. The number of para-hydroxylation sites is 2. The monoisotopic (exact) mass is 371 g/mol. The first kappa shape index (κ1) is 18.4. The molecule has 1 heterocycles. The molecule has 140 valence electrons. The van der Waals surface area contributed by atoms with Crippen molar-refractivity contribution in [2.45, 2.75) is 13.2 Å². The number of aromatic nitrogens is 2. The van der Waals surface area contributed by atoms with Crippen LogP contribution in [0.25, 0.3) is 11.4 Å². The fourth-order valence-electron chi connectivity index (χ4n) is 2.32. The second-order valence-corrected chi connectivity index (χ2v) is 5.54. The number of aliphatic hydroxyl groups is 1. The number of nitrogens with two attached hydrogens (primary N) is 1. The van der Waals surface area contributed by atoms with E-state index >= 15 is 0 Å². The fraction of sp³-hybridized carbons (Fsp3) is 0.158. The Bertz CT molecular complexity index is 933. The van der Waals surface area contributed by atoms with E-state index in [0.29, 0.717) is 17.1 Å². The van der Waals surface area contributed by atoms with Crippen LogP contribution in [0.4, 0.5) is 10.2 Å². The zero-order valence-corrected chi connectivity index (χ0v) is 14.7. The highest BCUT2D eigenvalue weighted by Crippen LogP contribution is 2.39. The largest absolute Gasteiger partial charge is 0.493 e. The normalized spacial score (nSPS) is 11.7. The molecule has 0 aliphatic heterocycles. The highest BCUT2D eigenvalue weighted by Gasteiger charge is 2.20. The number of ether oxygens (including phenoxy) is 3. The third-order valence-electron chi connectivity index (χ3n) is 3.53. The number of hydrogen-bond acceptors (Lipinski definition) is 7. The summed E-state index contributed by atoms with van der Waals surface area (Å²) in [5.41, 5.74) is 6.58. The van der Waals surface area contributed by atoms with Crippen molar-refractivity contribution in [3.05, 3.63) is 54.3 Å². The summed E-state index contributed by atoms with van der Waals surface area (Å²) < 4.78 is 29.6. The molecule has 0 aliphatic rings. The quantitative estimate of drug-likeness (QED) is 0.641. The Balaban J connectivity index is 2.06. The van der Waals surface area contributed by atoms with E-state index in [1.807, 2.05) is 0 Å². The van der Waals surface area contributed by atoms with E-state index in [9.17, 15) is 9.50 Å². The zero-order valence-electron chi connectivity index (χ0n) is 14.7. The summed E-state index contributed by atoms with van der Waals surface area (Å²) in [5, 5.41) is 9.63. The first-order valence-corrected chi connectivity index (χ1v) is 8.07. The standard InChI is InChI=1S/C19H18FN3O4/c1-11(24)26-19-16(27-15-6-4-3-5-14(15)25-2)17(21)22-18(23-19)12-7-9-13(20)10-8-12/h3-11,24H,1-2H3,(H2,21,22,23). The van der Waals surface area contributed by atoms with Crippen molar-refractivity contribution in [2.75, 3.05) is 12.8 Å². The van der Waals surface area contributed by atoms with E-state index in [2.05, 4.69) is 9.97 Å². The van der Waals surface area contributed by atoms with Crippen molar-refractivity contribution in [2.24, 2.45) is 0 Å². The molecule has 3 aromatic rings. The van der Waals surface area contributed by atoms with Gasteiger partial charge in [-0.25, -0.2) is 9.37 Å². The Kier molecular flexibility index (Phi) is 5.37. The van der Waals surface area contributed by atoms with Crippen molar-refractivity contribution in [1.29, 1.82) is 0 Å². The summed E-state index contributed by atoms with van der Waals surface area (Å²) in [4.78, 5) is 8.47. The number of methoxy groups -OCH3 is 1. The molecule has 3 N–H and O–H groups in total. The lowest BCUT2D eigenvalue weighted by Crippen LogP contribution is -2.13. The molecule has 0 bridgehead atoms. The van der Waals surface area contributed by atoms with Crippen molar-refractivity contribution < 1.29 is 23.7 Å². The van der Waals surface area contributed by atoms with E-state index in [1.165, 1.54) is 38.3 Å². The van der Waals surface area contributed by atoms with Gasteiger partial charge in [0.25, 0.3) is 5.88 Å². The smallest absolute Gasteiger partial charge is 0.266 e. The van der Waals surface area contributed by atoms with Crippen LogP contribution in [-0.2, 0) is 0 Å². The second kappa shape index (κ2) is 7.88. The molecule has 0 radical (unpaired) electrons. The molecule has 1 atom stereocenters. The van der Waals surface area contributed by atoms with Crippen LogP contribution >= 0.6 is 0 Å². The van der Waals surface area contributed by atoms with Gasteiger partial charge in [-0.3, -0.25) is 0 Å². The third-order valence-corrected chi connectivity index (χ3v) is 3.53. The SMILES string of the molecule is COc1ccccc1Oc1c(N)nc(-c2ccc(F)cc2)nc1OC(C)O. The number of aliphatic hydroxyl groups excluding tert-OH is 1. The summed E-state index contributed by atoms with van der Waals surface area (Å²) in [7, 11) is 1.51. The summed E-state index contributed by atoms with van der Waals surface area (Å²) in [6.45, 7) is 1.42. The van der Waals surface area contributed by atoms with Gasteiger partial charge < -0.3 is 25.1 Å². The maximum Gasteiger partial charge on any atom is 0.266 e. The average molecular weight is 371 g/mol. The van der Waals surface area contributed by atoms with Gasteiger partial charge in [-0.1, -0.05) is 12.1 Å². The van der Waals surface area contributed by atoms with Crippen LogP contribution in [0, 0.1) is 5.82 Å². The molecule has 0 fully saturated rings. The molecule has 0 saturated heterocycles. The molecule has 27 heavy (non-hydrogen) atoms. The zero-order chi connectivity index (χ0) is 19.4. The number of hydrogen-bond donors (Lipinski definition) is 2. The van der Waals surface area contributed by atoms with Crippen LogP contribution in [0.3, 0.4) is 0 Å². The van der Waals surface area contributed by atoms with E-state index in [4.69, 9.17) is 19.9 Å². The molecule has 8 heteroatoms. The van der Waals surface area contributed by atoms with E-state index in [1.54, 1.807) is 24.3 Å². The molecular weight excluding hydrogens is 353 g/mol. The highest BCUT2D eigenvalue weighted by molar-refractivity contribution is 5.63. The molecule has 0 saturated carbocycles. The van der Waals surface area contributed by atoms with Crippen LogP contribution in [0.15, 0.2) is 48.5 Å². The Morgan fingerprint density at radius 2 is 1.70 bits per heavy atom. The van der Waals surface area contributed by atoms with Crippen LogP contribution in [0.1, 0.15) is 6.92 Å². The number of halogens is 1. The summed E-state index contributed by atoms with van der Waals surface area (Å²) in [5.74, 6) is 0.640. The Morgan fingerprint density at radius 1 is 1.04 bits per heavy atom. The van der Waals surface area contributed by atoms with Crippen LogP contribution in [-0.4, -0.2) is 28.5 Å². The van der Waals surface area contributed by atoms with E-state index < -0.39 is 6.29 Å². The lowest BCUT2D eigenvalue weighted by Gasteiger charge is -2.16. The minimum absolute atomic E-state index is 0.00844. The molecule has 7 nitrogen and oxygen atoms in total. The van der Waals surface area contributed by atoms with Gasteiger partial charge in [0.1, 0.15) is 5.82 Å². The Hall–Kier alpha value is -3.39. The lowest BCUT2D eigenvalue weighted by molar-refractivity contribution is -0.00520. The van der Waals surface area contributed by atoms with Crippen LogP contribution in [0.2, 0.25) is 0 Å². The lowest BCUT2D eigenvalue weighted by atomic mass is 10.2. The van der Waals surface area contributed by atoms with Gasteiger partial charge in [-0.05, 0) is 43.3 Å². The maximum atomic E-state index is 13.2. The van der Waals surface area contributed by atoms with Gasteiger partial charge >= 0.3 is 0 Å². The van der Waals surface area contributed by atoms with Crippen LogP contribution < -0.4 is 19.9 Å². The minimum atomic E-state index is -1.17. The second-order valence-electron chi connectivity index (χ2n) is 5.54. The Labute approximate surface area is 155 Å². The van der Waals surface area contributed by atoms with E-state index in [-0.39, 0.29) is 29.1 Å². The molecule has 2 aromatic carbocycles. The molecule has 3 rings (SSSR count). The first-order chi connectivity index (χ1) is 13.0. The molecule has 0 spiro atoms. The molecular formula is C19H18FN3O4. The number of nitrogens with zero attached hydrogens (tertiary/aromatic N) is 2. The van der Waals surface area contributed by atoms with Gasteiger partial charge in [0.15, 0.2) is 29.4 Å². The first-order valence-electron chi connectivity index (χ1n) is 8.07. The average Bonchev–Trinajstić information content (AvgIpc) is 2.64. The summed E-state index contributed by atoms with van der Waals surface area (Å²) >= 11 is 0. The number of anilines is 1. The van der Waals surface area contributed by atoms with Crippen LogP contribution in [0.5, 0.6) is 23.1 Å². The van der Waals surface area contributed by atoms with Gasteiger partial charge in [0, 0.05) is 5.56 Å². The van der Waals surface area contributed by atoms with Gasteiger partial charge in [0.05, 0.1) is 7.11 Å². The number of rotatable bonds is 6. The van der Waals surface area contributed by atoms with Gasteiger partial charge in [-0.15, -0.1) is 0 Å². The predicted molar refractivity (Wildman–Crippen MR) is 97.2 cm³/mol. The molecule has 0 amide bonds. The topological polar surface area (TPSA) is 99.7 Å². The number of benzene rings is 2. The maximum absolute atomic E-state index is 13.2. The highest BCUT2D eigenvalue weighted by atomic mass is 19.1. The van der Waals surface area contributed by atoms with Crippen molar-refractivity contribution >= 4 is 5.82 Å². The third kappa shape index (κ3) is 4.24. The van der Waals surface area contributed by atoms with E-state index in [0.717, 1.165) is 0 Å². The van der Waals surface area contributed by atoms with Gasteiger partial charge in [-0.2, -0.15) is 4.98 Å². The molecule has 1 aromatic heterocycles. The predicted octanol–water partition coefficient (Wildman–Crippen LogP) is 3.38. The van der Waals surface area contributed by atoms with Gasteiger partial charge in [0.2, 0.25) is 5.75 Å². The molecule has 1 unspecified atom stereocenters. The summed E-state index contributed by atoms with van der Waals surface area (Å²) in [6, 6.07) is 12.5.